The molecular formula is C48H76N12O16S. The number of aliphatic hydroxyl groups excluding tert-OH is 2. The van der Waals surface area contributed by atoms with E-state index in [0.717, 1.165) is 6.42 Å². The zero-order valence-electron chi connectivity index (χ0n) is 43.9. The molecule has 0 saturated carbocycles. The van der Waals surface area contributed by atoms with E-state index in [4.69, 9.17) is 5.73 Å². The summed E-state index contributed by atoms with van der Waals surface area (Å²) in [5.41, 5.74) is 5.87. The number of phenols is 1. The van der Waals surface area contributed by atoms with Crippen molar-refractivity contribution in [2.75, 3.05) is 32.1 Å². The topological polar surface area (TPSA) is 444 Å². The number of phenolic OH excluding ortho intramolecular Hbond substituents is 1. The smallest absolute Gasteiger partial charge is 0.326 e. The van der Waals surface area contributed by atoms with Gasteiger partial charge >= 0.3 is 5.97 Å². The number of thiol groups is 1. The van der Waals surface area contributed by atoms with E-state index < -0.39 is 158 Å². The minimum atomic E-state index is -1.69. The second kappa shape index (κ2) is 33.1. The zero-order chi connectivity index (χ0) is 58.1. The van der Waals surface area contributed by atoms with Gasteiger partial charge in [-0.05, 0) is 82.0 Å². The standard InChI is InChI=1S/C48H76N12O16S/c1-23(2)16-31(43(70)58-35(21-62)46(73)53-26(6)40(67)60-36(22-77)47(74)57-33(48(75)76)17-24(3)4)55-42(69)30(13-14-37(49)64)54-38(65)19-51-39(66)25(5)52-45(72)34(20-61)59-44(71)32(18-27-9-11-28(63)12-10-27)56-41(68)29-8-7-15-50-29/h9-12,23-26,29-36,50,61-63,77H,7-8,13-22H2,1-6H3,(H2,49,64)(H,51,66)(H,52,72)(H,53,73)(H,54,65)(H,55,69)(H,56,68)(H,57,74)(H,58,70)(H,59,71)(H,60,67)(H,75,76)/t25-,26-,29-,30-,31-,32-,33-,34-,35-,36-/m0/s1. The summed E-state index contributed by atoms with van der Waals surface area (Å²) in [6, 6.07) is -7.49. The first-order valence-corrected chi connectivity index (χ1v) is 25.7. The number of carboxylic acids is 1. The molecule has 0 bridgehead atoms. The molecule has 430 valence electrons. The zero-order valence-corrected chi connectivity index (χ0v) is 44.8. The van der Waals surface area contributed by atoms with Crippen LogP contribution >= 0.6 is 12.6 Å². The van der Waals surface area contributed by atoms with E-state index in [-0.39, 0.29) is 49.0 Å². The fourth-order valence-corrected chi connectivity index (χ4v) is 7.76. The third-order valence-electron chi connectivity index (χ3n) is 11.8. The van der Waals surface area contributed by atoms with Crippen molar-refractivity contribution in [1.82, 2.24) is 58.5 Å². The summed E-state index contributed by atoms with van der Waals surface area (Å²) in [6.07, 6.45) is 0.449. The number of aliphatic carboxylic acids is 1. The Morgan fingerprint density at radius 1 is 0.597 bits per heavy atom. The second-order valence-electron chi connectivity index (χ2n) is 19.3. The molecule has 77 heavy (non-hydrogen) atoms. The molecule has 0 unspecified atom stereocenters. The molecule has 17 N–H and O–H groups in total. The Bertz CT molecular complexity index is 2230. The predicted octanol–water partition coefficient (Wildman–Crippen LogP) is -5.44. The highest BCUT2D eigenvalue weighted by atomic mass is 32.1. The molecule has 1 fully saturated rings. The van der Waals surface area contributed by atoms with Crippen molar-refractivity contribution < 1.29 is 78.0 Å². The number of carboxylic acid groups (broad SMARTS) is 1. The molecule has 1 heterocycles. The summed E-state index contributed by atoms with van der Waals surface area (Å²) in [4.78, 5) is 156. The minimum Gasteiger partial charge on any atom is -0.508 e. The molecule has 1 aromatic rings. The first-order chi connectivity index (χ1) is 36.2. The lowest BCUT2D eigenvalue weighted by atomic mass is 10.0. The fourth-order valence-electron chi connectivity index (χ4n) is 7.50. The van der Waals surface area contributed by atoms with E-state index in [1.165, 1.54) is 38.1 Å². The maximum Gasteiger partial charge on any atom is 0.326 e. The lowest BCUT2D eigenvalue weighted by Gasteiger charge is -2.26. The maximum atomic E-state index is 13.7. The Morgan fingerprint density at radius 3 is 1.56 bits per heavy atom. The summed E-state index contributed by atoms with van der Waals surface area (Å²) in [5.74, 6) is -11.8. The van der Waals surface area contributed by atoms with Crippen LogP contribution in [0.2, 0.25) is 0 Å². The number of hydrogen-bond donors (Lipinski definition) is 17. The van der Waals surface area contributed by atoms with Crippen LogP contribution in [0.15, 0.2) is 24.3 Å². The van der Waals surface area contributed by atoms with Gasteiger partial charge in [-0.2, -0.15) is 12.6 Å². The van der Waals surface area contributed by atoms with Gasteiger partial charge in [-0.1, -0.05) is 39.8 Å². The van der Waals surface area contributed by atoms with Crippen molar-refractivity contribution in [2.24, 2.45) is 17.6 Å². The van der Waals surface area contributed by atoms with Crippen LogP contribution in [0.4, 0.5) is 0 Å². The van der Waals surface area contributed by atoms with Gasteiger partial charge in [0.25, 0.3) is 0 Å². The van der Waals surface area contributed by atoms with Crippen LogP contribution in [0, 0.1) is 11.8 Å². The molecule has 1 aromatic carbocycles. The Kier molecular flexibility index (Phi) is 28.4. The van der Waals surface area contributed by atoms with Gasteiger partial charge in [0.1, 0.15) is 60.1 Å². The Balaban J connectivity index is 2.07. The third kappa shape index (κ3) is 23.8. The molecule has 10 atom stereocenters. The molecule has 29 heteroatoms. The number of amides is 11. The van der Waals surface area contributed by atoms with Crippen LogP contribution in [0.1, 0.15) is 85.6 Å². The van der Waals surface area contributed by atoms with E-state index in [1.54, 1.807) is 27.7 Å². The van der Waals surface area contributed by atoms with Crippen molar-refractivity contribution >= 4 is 83.6 Å². The number of carbonyl (C=O) groups excluding carboxylic acids is 11. The average Bonchev–Trinajstić information content (AvgIpc) is 3.92. The number of nitrogens with two attached hydrogens (primary N) is 1. The molecule has 1 aliphatic rings. The number of carbonyl (C=O) groups is 12. The molecule has 2 rings (SSSR count). The van der Waals surface area contributed by atoms with Crippen molar-refractivity contribution in [3.05, 3.63) is 29.8 Å². The van der Waals surface area contributed by atoms with Crippen molar-refractivity contribution in [3.63, 3.8) is 0 Å². The van der Waals surface area contributed by atoms with Gasteiger partial charge in [-0.3, -0.25) is 52.7 Å². The lowest BCUT2D eigenvalue weighted by Crippen LogP contribution is -2.60. The second-order valence-corrected chi connectivity index (χ2v) is 19.7. The molecule has 28 nitrogen and oxygen atoms in total. The van der Waals surface area contributed by atoms with Crippen LogP contribution < -0.4 is 64.2 Å². The Labute approximate surface area is 450 Å². The quantitative estimate of drug-likeness (QED) is 0.0292. The van der Waals surface area contributed by atoms with Crippen LogP contribution in [0.25, 0.3) is 0 Å². The SMILES string of the molecule is CC(C)C[C@H](NC(=O)[C@H](CS)NC(=O)[C@H](C)NC(=O)[C@H](CO)NC(=O)[C@H](CC(C)C)NC(=O)[C@H](CCC(N)=O)NC(=O)CNC(=O)[C@H](C)NC(=O)[C@H](CO)NC(=O)[C@H](Cc1ccc(O)cc1)NC(=O)[C@@H]1CCCN1)C(=O)O. The average molecular weight is 1110 g/mol. The van der Waals surface area contributed by atoms with Gasteiger partial charge < -0.3 is 84.6 Å². The molecule has 0 aliphatic carbocycles. The molecule has 11 amide bonds. The number of benzene rings is 1. The van der Waals surface area contributed by atoms with Crippen molar-refractivity contribution in [2.45, 2.75) is 147 Å². The number of nitrogens with one attached hydrogen (secondary N) is 11. The van der Waals surface area contributed by atoms with Crippen LogP contribution in [-0.4, -0.2) is 184 Å². The van der Waals surface area contributed by atoms with Gasteiger partial charge in [-0.15, -0.1) is 0 Å². The van der Waals surface area contributed by atoms with E-state index in [2.05, 4.69) is 71.1 Å². The van der Waals surface area contributed by atoms with Gasteiger partial charge in [0.15, 0.2) is 0 Å². The van der Waals surface area contributed by atoms with Crippen molar-refractivity contribution in [1.29, 1.82) is 0 Å². The number of aliphatic hydroxyl groups is 2. The Hall–Kier alpha value is -7.11. The maximum absolute atomic E-state index is 13.7. The molecular weight excluding hydrogens is 1030 g/mol. The normalized spacial score (nSPS) is 16.5. The van der Waals surface area contributed by atoms with Gasteiger partial charge in [0, 0.05) is 18.6 Å². The first-order valence-electron chi connectivity index (χ1n) is 25.0. The number of primary amides is 1. The largest absolute Gasteiger partial charge is 0.508 e. The van der Waals surface area contributed by atoms with Crippen LogP contribution in [0.3, 0.4) is 0 Å². The number of hydrogen-bond acceptors (Lipinski definition) is 17. The number of aromatic hydroxyl groups is 1. The monoisotopic (exact) mass is 1110 g/mol. The first kappa shape index (κ1) is 66.0. The highest BCUT2D eigenvalue weighted by molar-refractivity contribution is 7.80. The molecule has 0 radical (unpaired) electrons. The summed E-state index contributed by atoms with van der Waals surface area (Å²) in [6.45, 7) is 7.26. The van der Waals surface area contributed by atoms with Gasteiger partial charge in [0.2, 0.25) is 65.0 Å². The van der Waals surface area contributed by atoms with Crippen molar-refractivity contribution in [3.8, 4) is 5.75 Å². The van der Waals surface area contributed by atoms with Crippen LogP contribution in [0.5, 0.6) is 5.75 Å². The molecule has 0 spiro atoms. The molecule has 0 aromatic heterocycles. The van der Waals surface area contributed by atoms with Gasteiger partial charge in [0.05, 0.1) is 25.8 Å². The van der Waals surface area contributed by atoms with Gasteiger partial charge in [-0.25, -0.2) is 4.79 Å². The van der Waals surface area contributed by atoms with E-state index >= 15 is 0 Å². The van der Waals surface area contributed by atoms with E-state index in [0.29, 0.717) is 18.5 Å². The molecule has 1 aliphatic heterocycles. The predicted molar refractivity (Wildman–Crippen MR) is 278 cm³/mol. The summed E-state index contributed by atoms with van der Waals surface area (Å²) >= 11 is 4.07. The summed E-state index contributed by atoms with van der Waals surface area (Å²) in [5, 5.41) is 66.1. The lowest BCUT2D eigenvalue weighted by molar-refractivity contribution is -0.142. The summed E-state index contributed by atoms with van der Waals surface area (Å²) in [7, 11) is 0. The highest BCUT2D eigenvalue weighted by Crippen LogP contribution is 2.14. The Morgan fingerprint density at radius 2 is 1.06 bits per heavy atom. The molecule has 1 saturated heterocycles. The third-order valence-corrected chi connectivity index (χ3v) is 12.1. The minimum absolute atomic E-state index is 0.0303. The van der Waals surface area contributed by atoms with Crippen LogP contribution in [-0.2, 0) is 64.0 Å². The van der Waals surface area contributed by atoms with E-state index in [9.17, 15) is 78.0 Å². The van der Waals surface area contributed by atoms with E-state index in [1.807, 2.05) is 0 Å². The highest BCUT2D eigenvalue weighted by Gasteiger charge is 2.34. The summed E-state index contributed by atoms with van der Waals surface area (Å²) < 4.78 is 0. The number of rotatable bonds is 33. The fraction of sp³-hybridized carbons (Fsp3) is 0.625.